The third-order valence-electron chi connectivity index (χ3n) is 5.61. The number of aryl methyl sites for hydroxylation is 3. The molecule has 3 aromatic carbocycles. The molecule has 0 amide bonds. The van der Waals surface area contributed by atoms with Gasteiger partial charge in [-0.15, -0.1) is 0 Å². The van der Waals surface area contributed by atoms with E-state index in [1.165, 1.54) is 22.3 Å². The van der Waals surface area contributed by atoms with Crippen molar-refractivity contribution in [2.45, 2.75) is 33.4 Å². The van der Waals surface area contributed by atoms with Gasteiger partial charge in [0.15, 0.2) is 0 Å². The average Bonchev–Trinajstić information content (AvgIpc) is 2.71. The molecule has 3 heteroatoms. The van der Waals surface area contributed by atoms with Crippen LogP contribution in [0.25, 0.3) is 11.0 Å². The molecule has 1 aromatic heterocycles. The van der Waals surface area contributed by atoms with Crippen molar-refractivity contribution in [3.63, 3.8) is 0 Å². The van der Waals surface area contributed by atoms with Crippen LogP contribution in [0.1, 0.15) is 39.4 Å². The SMILES string of the molecule is Cc1ccc([C@@H]([NH2+]Cc2cc(=O)oc3cc(C)c(C)cc23)c2ccccc2)cc1. The Labute approximate surface area is 171 Å². The Kier molecular flexibility index (Phi) is 5.32. The maximum Gasteiger partial charge on any atom is 0.336 e. The number of benzene rings is 3. The lowest BCUT2D eigenvalue weighted by Gasteiger charge is -2.17. The van der Waals surface area contributed by atoms with Gasteiger partial charge >= 0.3 is 5.63 Å². The summed E-state index contributed by atoms with van der Waals surface area (Å²) in [7, 11) is 0. The first-order valence-electron chi connectivity index (χ1n) is 10.00. The van der Waals surface area contributed by atoms with Crippen LogP contribution < -0.4 is 10.9 Å². The molecule has 0 fully saturated rings. The summed E-state index contributed by atoms with van der Waals surface area (Å²) in [5.41, 5.74) is 7.45. The molecule has 0 radical (unpaired) electrons. The van der Waals surface area contributed by atoms with E-state index in [1.807, 2.05) is 19.1 Å². The van der Waals surface area contributed by atoms with Crippen LogP contribution >= 0.6 is 0 Å². The average molecular weight is 384 g/mol. The molecule has 0 aliphatic rings. The Bertz CT molecular complexity index is 1190. The fourth-order valence-electron chi connectivity index (χ4n) is 3.80. The van der Waals surface area contributed by atoms with E-state index in [4.69, 9.17) is 4.42 Å². The van der Waals surface area contributed by atoms with E-state index < -0.39 is 0 Å². The van der Waals surface area contributed by atoms with Crippen LogP contribution in [0.2, 0.25) is 0 Å². The summed E-state index contributed by atoms with van der Waals surface area (Å²) in [6.45, 7) is 6.92. The van der Waals surface area contributed by atoms with E-state index in [-0.39, 0.29) is 11.7 Å². The Morgan fingerprint density at radius 1 is 0.828 bits per heavy atom. The Balaban J connectivity index is 1.72. The third kappa shape index (κ3) is 4.15. The first kappa shape index (κ1) is 19.2. The number of quaternary nitrogens is 1. The third-order valence-corrected chi connectivity index (χ3v) is 5.61. The number of hydrogen-bond donors (Lipinski definition) is 1. The van der Waals surface area contributed by atoms with Crippen LogP contribution in [0, 0.1) is 20.8 Å². The molecule has 146 valence electrons. The van der Waals surface area contributed by atoms with E-state index in [2.05, 4.69) is 73.8 Å². The second-order valence-electron chi connectivity index (χ2n) is 7.76. The Morgan fingerprint density at radius 3 is 2.21 bits per heavy atom. The molecular formula is C26H26NO2+. The summed E-state index contributed by atoms with van der Waals surface area (Å²) in [6, 6.07) is 25.1. The van der Waals surface area contributed by atoms with Gasteiger partial charge in [-0.05, 0) is 44.0 Å². The van der Waals surface area contributed by atoms with Crippen molar-refractivity contribution in [2.75, 3.05) is 0 Å². The van der Waals surface area contributed by atoms with E-state index in [0.29, 0.717) is 12.1 Å². The molecule has 0 aliphatic heterocycles. The van der Waals surface area contributed by atoms with Gasteiger partial charge in [-0.3, -0.25) is 0 Å². The zero-order valence-corrected chi connectivity index (χ0v) is 17.1. The van der Waals surface area contributed by atoms with Crippen LogP contribution in [-0.4, -0.2) is 0 Å². The molecule has 1 heterocycles. The highest BCUT2D eigenvalue weighted by atomic mass is 16.4. The normalized spacial score (nSPS) is 12.2. The molecule has 3 nitrogen and oxygen atoms in total. The zero-order chi connectivity index (χ0) is 20.4. The lowest BCUT2D eigenvalue weighted by Crippen LogP contribution is -2.84. The van der Waals surface area contributed by atoms with Gasteiger partial charge in [-0.25, -0.2) is 4.79 Å². The second kappa shape index (κ2) is 8.06. The van der Waals surface area contributed by atoms with Gasteiger partial charge in [-0.2, -0.15) is 0 Å². The summed E-state index contributed by atoms with van der Waals surface area (Å²) >= 11 is 0. The van der Waals surface area contributed by atoms with E-state index in [0.717, 1.165) is 16.5 Å². The minimum absolute atomic E-state index is 0.158. The van der Waals surface area contributed by atoms with Gasteiger partial charge in [0.25, 0.3) is 0 Å². The van der Waals surface area contributed by atoms with Gasteiger partial charge in [0, 0.05) is 28.1 Å². The molecule has 29 heavy (non-hydrogen) atoms. The van der Waals surface area contributed by atoms with E-state index in [9.17, 15) is 4.79 Å². The summed E-state index contributed by atoms with van der Waals surface area (Å²) in [4.78, 5) is 12.1. The lowest BCUT2D eigenvalue weighted by molar-refractivity contribution is -0.702. The summed E-state index contributed by atoms with van der Waals surface area (Å²) in [5, 5.41) is 3.31. The van der Waals surface area contributed by atoms with Crippen molar-refractivity contribution in [2.24, 2.45) is 0 Å². The first-order valence-corrected chi connectivity index (χ1v) is 10.00. The molecule has 0 unspecified atom stereocenters. The smallest absolute Gasteiger partial charge is 0.336 e. The van der Waals surface area contributed by atoms with Crippen molar-refractivity contribution in [3.05, 3.63) is 117 Å². The molecule has 2 N–H and O–H groups in total. The van der Waals surface area contributed by atoms with Crippen LogP contribution in [0.4, 0.5) is 0 Å². The predicted octanol–water partition coefficient (Wildman–Crippen LogP) is 4.57. The monoisotopic (exact) mass is 384 g/mol. The van der Waals surface area contributed by atoms with Crippen molar-refractivity contribution >= 4 is 11.0 Å². The van der Waals surface area contributed by atoms with Gasteiger partial charge in [0.2, 0.25) is 0 Å². The van der Waals surface area contributed by atoms with Gasteiger partial charge in [0.1, 0.15) is 18.2 Å². The molecule has 0 bridgehead atoms. The molecule has 0 saturated heterocycles. The quantitative estimate of drug-likeness (QED) is 0.512. The molecule has 0 spiro atoms. The van der Waals surface area contributed by atoms with Crippen LogP contribution in [0.15, 0.2) is 82.0 Å². The van der Waals surface area contributed by atoms with Gasteiger partial charge in [0.05, 0.1) is 0 Å². The highest BCUT2D eigenvalue weighted by Crippen LogP contribution is 2.22. The topological polar surface area (TPSA) is 46.8 Å². The Hall–Kier alpha value is -3.17. The molecule has 0 aliphatic carbocycles. The van der Waals surface area contributed by atoms with Crippen molar-refractivity contribution < 1.29 is 9.73 Å². The van der Waals surface area contributed by atoms with Crippen LogP contribution in [-0.2, 0) is 6.54 Å². The number of fused-ring (bicyclic) bond motifs is 1. The molecule has 4 rings (SSSR count). The largest absolute Gasteiger partial charge is 0.423 e. The molecular weight excluding hydrogens is 358 g/mol. The molecule has 0 saturated carbocycles. The first-order chi connectivity index (χ1) is 14.0. The van der Waals surface area contributed by atoms with E-state index in [1.54, 1.807) is 6.07 Å². The fourth-order valence-corrected chi connectivity index (χ4v) is 3.80. The highest BCUT2D eigenvalue weighted by molar-refractivity contribution is 5.81. The predicted molar refractivity (Wildman–Crippen MR) is 117 cm³/mol. The minimum Gasteiger partial charge on any atom is -0.423 e. The zero-order valence-electron chi connectivity index (χ0n) is 17.1. The summed E-state index contributed by atoms with van der Waals surface area (Å²) < 4.78 is 5.46. The lowest BCUT2D eigenvalue weighted by atomic mass is 9.97. The van der Waals surface area contributed by atoms with Crippen LogP contribution in [0.3, 0.4) is 0 Å². The number of rotatable bonds is 5. The maximum atomic E-state index is 12.1. The van der Waals surface area contributed by atoms with Crippen molar-refractivity contribution in [3.8, 4) is 0 Å². The summed E-state index contributed by atoms with van der Waals surface area (Å²) in [6.07, 6.45) is 0. The standard InChI is InChI=1S/C26H25NO2/c1-17-9-11-21(12-10-17)26(20-7-5-4-6-8-20)27-16-22-15-25(28)29-24-14-19(3)18(2)13-23(22)24/h4-15,26-27H,16H2,1-3H3/p+1/t26-/m0/s1. The van der Waals surface area contributed by atoms with Crippen molar-refractivity contribution in [1.29, 1.82) is 0 Å². The number of hydrogen-bond acceptors (Lipinski definition) is 2. The maximum absolute atomic E-state index is 12.1. The summed E-state index contributed by atoms with van der Waals surface area (Å²) in [5.74, 6) is 0. The second-order valence-corrected chi connectivity index (χ2v) is 7.76. The van der Waals surface area contributed by atoms with Gasteiger partial charge in [-0.1, -0.05) is 60.2 Å². The van der Waals surface area contributed by atoms with Crippen molar-refractivity contribution in [1.82, 2.24) is 0 Å². The molecule has 4 aromatic rings. The van der Waals surface area contributed by atoms with Crippen LogP contribution in [0.5, 0.6) is 0 Å². The Morgan fingerprint density at radius 2 is 1.48 bits per heavy atom. The molecule has 1 atom stereocenters. The van der Waals surface area contributed by atoms with Gasteiger partial charge < -0.3 is 9.73 Å². The number of nitrogens with two attached hydrogens (primary N) is 1. The highest BCUT2D eigenvalue weighted by Gasteiger charge is 2.18. The van der Waals surface area contributed by atoms with E-state index >= 15 is 0 Å². The fraction of sp³-hybridized carbons (Fsp3) is 0.192. The minimum atomic E-state index is -0.296.